The van der Waals surface area contributed by atoms with Crippen molar-refractivity contribution >= 4 is 45.8 Å². The fraction of sp³-hybridized carbons (Fsp3) is 0.474. The Bertz CT molecular complexity index is 2010. The Labute approximate surface area is 315 Å². The lowest BCUT2D eigenvalue weighted by atomic mass is 9.78. The molecule has 3 amide bonds. The van der Waals surface area contributed by atoms with Gasteiger partial charge in [0.05, 0.1) is 35.1 Å². The summed E-state index contributed by atoms with van der Waals surface area (Å²) in [5, 5.41) is 19.9. The van der Waals surface area contributed by atoms with Gasteiger partial charge >= 0.3 is 6.18 Å². The van der Waals surface area contributed by atoms with E-state index in [9.17, 15) is 31.9 Å². The van der Waals surface area contributed by atoms with Crippen molar-refractivity contribution < 1.29 is 36.4 Å². The fourth-order valence-electron chi connectivity index (χ4n) is 6.78. The van der Waals surface area contributed by atoms with Gasteiger partial charge < -0.3 is 30.7 Å². The van der Waals surface area contributed by atoms with Crippen LogP contribution in [-0.2, 0) is 46.4 Å². The molecule has 0 saturated heterocycles. The van der Waals surface area contributed by atoms with Crippen LogP contribution in [0.1, 0.15) is 81.1 Å². The number of amides is 3. The van der Waals surface area contributed by atoms with Gasteiger partial charge in [0.2, 0.25) is 29.5 Å². The van der Waals surface area contributed by atoms with E-state index in [0.29, 0.717) is 35.9 Å². The Hall–Kier alpha value is -4.86. The SMILES string of the molecule is CCC(C)[C@H](NC(=O)Cc1ccccc1F)C(=O)N[C@]1(C(=O)N[C@H](C(=S)NCc2nnc(C)o2)C(C)CC)CCc2[nH]c3c(C(F)(F)F)cccc3c2C1. The highest BCUT2D eigenvalue weighted by Gasteiger charge is 2.47. The summed E-state index contributed by atoms with van der Waals surface area (Å²) in [6.45, 7) is 9.21. The Morgan fingerprint density at radius 3 is 2.35 bits per heavy atom. The maximum atomic E-state index is 14.8. The predicted octanol–water partition coefficient (Wildman–Crippen LogP) is 5.78. The third-order valence-corrected chi connectivity index (χ3v) is 10.7. The lowest BCUT2D eigenvalue weighted by molar-refractivity contribution is -0.137. The second-order valence-corrected chi connectivity index (χ2v) is 14.5. The highest BCUT2D eigenvalue weighted by molar-refractivity contribution is 7.80. The summed E-state index contributed by atoms with van der Waals surface area (Å²) in [5.41, 5.74) is -1.46. The molecular weight excluding hydrogens is 727 g/mol. The highest BCUT2D eigenvalue weighted by atomic mass is 32.1. The first-order valence-electron chi connectivity index (χ1n) is 18.0. The number of hydrogen-bond donors (Lipinski definition) is 5. The number of aryl methyl sites for hydroxylation is 2. The van der Waals surface area contributed by atoms with Gasteiger partial charge in [0.15, 0.2) is 0 Å². The molecule has 0 bridgehead atoms. The first kappa shape index (κ1) is 40.3. The third kappa shape index (κ3) is 8.91. The van der Waals surface area contributed by atoms with Gasteiger partial charge in [-0.1, -0.05) is 83.1 Å². The summed E-state index contributed by atoms with van der Waals surface area (Å²) in [5.74, 6) is -2.33. The summed E-state index contributed by atoms with van der Waals surface area (Å²) in [6, 6.07) is 7.85. The Morgan fingerprint density at radius 2 is 1.70 bits per heavy atom. The van der Waals surface area contributed by atoms with Crippen LogP contribution in [0.5, 0.6) is 0 Å². The number of nitrogens with one attached hydrogen (secondary N) is 5. The number of fused-ring (bicyclic) bond motifs is 3. The van der Waals surface area contributed by atoms with Gasteiger partial charge in [-0.15, -0.1) is 10.2 Å². The van der Waals surface area contributed by atoms with Crippen molar-refractivity contribution in [1.29, 1.82) is 0 Å². The lowest BCUT2D eigenvalue weighted by Crippen LogP contribution is -2.67. The molecule has 0 radical (unpaired) electrons. The van der Waals surface area contributed by atoms with Crippen LogP contribution in [0.15, 0.2) is 46.9 Å². The van der Waals surface area contributed by atoms with E-state index in [1.165, 1.54) is 24.3 Å². The van der Waals surface area contributed by atoms with E-state index in [1.807, 2.05) is 20.8 Å². The minimum absolute atomic E-state index is 0.0246. The quantitative estimate of drug-likeness (QED) is 0.0799. The molecule has 2 aromatic carbocycles. The molecular formula is C38H45F4N7O4S. The second kappa shape index (κ2) is 16.7. The lowest BCUT2D eigenvalue weighted by Gasteiger charge is -2.40. The van der Waals surface area contributed by atoms with Gasteiger partial charge in [0.1, 0.15) is 17.4 Å². The molecule has 11 nitrogen and oxygen atoms in total. The molecule has 2 aromatic heterocycles. The van der Waals surface area contributed by atoms with Crippen molar-refractivity contribution in [1.82, 2.24) is 36.4 Å². The number of aromatic nitrogens is 3. The second-order valence-electron chi connectivity index (χ2n) is 14.0. The van der Waals surface area contributed by atoms with E-state index < -0.39 is 58.8 Å². The number of hydrogen-bond acceptors (Lipinski definition) is 7. The number of alkyl halides is 3. The van der Waals surface area contributed by atoms with E-state index in [-0.39, 0.29) is 59.6 Å². The Kier molecular flexibility index (Phi) is 12.4. The van der Waals surface area contributed by atoms with Crippen LogP contribution in [0.3, 0.4) is 0 Å². The minimum Gasteiger partial charge on any atom is -0.424 e. The number of para-hydroxylation sites is 1. The van der Waals surface area contributed by atoms with E-state index in [0.717, 1.165) is 6.07 Å². The monoisotopic (exact) mass is 771 g/mol. The molecule has 290 valence electrons. The molecule has 0 saturated carbocycles. The molecule has 54 heavy (non-hydrogen) atoms. The summed E-state index contributed by atoms with van der Waals surface area (Å²) >= 11 is 5.74. The largest absolute Gasteiger partial charge is 0.424 e. The predicted molar refractivity (Wildman–Crippen MR) is 198 cm³/mol. The van der Waals surface area contributed by atoms with Crippen LogP contribution in [-0.4, -0.2) is 55.5 Å². The summed E-state index contributed by atoms with van der Waals surface area (Å²) in [6.07, 6.45) is -3.85. The first-order chi connectivity index (χ1) is 25.6. The topological polar surface area (TPSA) is 154 Å². The van der Waals surface area contributed by atoms with E-state index in [1.54, 1.807) is 26.0 Å². The zero-order chi connectivity index (χ0) is 39.4. The molecule has 0 aliphatic heterocycles. The van der Waals surface area contributed by atoms with Gasteiger partial charge in [0, 0.05) is 24.4 Å². The van der Waals surface area contributed by atoms with Gasteiger partial charge in [-0.05, 0) is 47.9 Å². The third-order valence-electron chi connectivity index (χ3n) is 10.3. The number of halogens is 4. The maximum Gasteiger partial charge on any atom is 0.418 e. The van der Waals surface area contributed by atoms with Gasteiger partial charge in [-0.2, -0.15) is 13.2 Å². The van der Waals surface area contributed by atoms with Crippen molar-refractivity contribution in [3.63, 3.8) is 0 Å². The maximum absolute atomic E-state index is 14.8. The first-order valence-corrected chi connectivity index (χ1v) is 18.4. The molecule has 0 fully saturated rings. The molecule has 2 heterocycles. The molecule has 2 unspecified atom stereocenters. The van der Waals surface area contributed by atoms with Gasteiger partial charge in [-0.3, -0.25) is 14.4 Å². The standard InChI is InChI=1S/C38H45F4N7O4S/c1-6-20(3)31(45-29(50)17-23-11-8-9-14-27(23)39)34(51)47-37(16-15-28-25(18-37)24-12-10-13-26(33(24)44-28)38(40,41)42)36(52)46-32(21(4)7-2)35(54)43-19-30-49-48-22(5)53-30/h8-14,20-21,31-32,44H,6-7,15-19H2,1-5H3,(H,43,54)(H,45,50)(H,46,52)(H,47,51)/t20?,21?,31-,32-,37+/m0/s1. The average molecular weight is 772 g/mol. The van der Waals surface area contributed by atoms with Crippen LogP contribution in [0, 0.1) is 24.6 Å². The van der Waals surface area contributed by atoms with Crippen molar-refractivity contribution in [2.24, 2.45) is 11.8 Å². The van der Waals surface area contributed by atoms with Crippen LogP contribution < -0.4 is 21.3 Å². The van der Waals surface area contributed by atoms with Crippen molar-refractivity contribution in [2.45, 2.75) is 103 Å². The smallest absolute Gasteiger partial charge is 0.418 e. The van der Waals surface area contributed by atoms with Gasteiger partial charge in [0.25, 0.3) is 0 Å². The van der Waals surface area contributed by atoms with E-state index in [4.69, 9.17) is 16.6 Å². The van der Waals surface area contributed by atoms with E-state index in [2.05, 4.69) is 36.4 Å². The molecule has 1 aliphatic carbocycles. The number of carbonyl (C=O) groups excluding carboxylic acids is 3. The molecule has 5 atom stereocenters. The van der Waals surface area contributed by atoms with Crippen LogP contribution in [0.4, 0.5) is 17.6 Å². The van der Waals surface area contributed by atoms with Crippen LogP contribution in [0.2, 0.25) is 0 Å². The minimum atomic E-state index is -4.63. The molecule has 16 heteroatoms. The van der Waals surface area contributed by atoms with Gasteiger partial charge in [-0.25, -0.2) is 4.39 Å². The molecule has 5 N–H and O–H groups in total. The summed E-state index contributed by atoms with van der Waals surface area (Å²) < 4.78 is 62.1. The zero-order valence-electron chi connectivity index (χ0n) is 30.7. The van der Waals surface area contributed by atoms with Crippen molar-refractivity contribution in [3.05, 3.63) is 82.4 Å². The highest BCUT2D eigenvalue weighted by Crippen LogP contribution is 2.40. The van der Waals surface area contributed by atoms with E-state index >= 15 is 0 Å². The number of benzene rings is 2. The molecule has 5 rings (SSSR count). The molecule has 4 aromatic rings. The Morgan fingerprint density at radius 1 is 1.00 bits per heavy atom. The number of aromatic amines is 1. The number of rotatable bonds is 14. The molecule has 0 spiro atoms. The Balaban J connectivity index is 1.49. The van der Waals surface area contributed by atoms with Crippen LogP contribution >= 0.6 is 12.2 Å². The van der Waals surface area contributed by atoms with Crippen molar-refractivity contribution in [2.75, 3.05) is 0 Å². The molecule has 1 aliphatic rings. The number of carbonyl (C=O) groups is 3. The number of H-pyrrole nitrogens is 1. The number of nitrogens with zero attached hydrogens (tertiary/aromatic N) is 2. The summed E-state index contributed by atoms with van der Waals surface area (Å²) in [4.78, 5) is 45.5. The summed E-state index contributed by atoms with van der Waals surface area (Å²) in [7, 11) is 0. The number of thiocarbonyl (C=S) groups is 1. The van der Waals surface area contributed by atoms with Crippen molar-refractivity contribution in [3.8, 4) is 0 Å². The normalized spacial score (nSPS) is 17.9. The fourth-order valence-corrected chi connectivity index (χ4v) is 7.15. The average Bonchev–Trinajstić information content (AvgIpc) is 3.73. The van der Waals surface area contributed by atoms with Crippen LogP contribution in [0.25, 0.3) is 10.9 Å². The zero-order valence-corrected chi connectivity index (χ0v) is 31.6.